The van der Waals surface area contributed by atoms with E-state index in [1.165, 1.54) is 6.07 Å². The number of halogens is 1. The lowest BCUT2D eigenvalue weighted by Crippen LogP contribution is -2.23. The molecule has 0 fully saturated rings. The number of anilines is 1. The third-order valence-electron chi connectivity index (χ3n) is 4.15. The highest BCUT2D eigenvalue weighted by Crippen LogP contribution is 2.16. The molecule has 0 aromatic heterocycles. The summed E-state index contributed by atoms with van der Waals surface area (Å²) >= 11 is 0. The number of hydrogen-bond acceptors (Lipinski definition) is 3. The van der Waals surface area contributed by atoms with Crippen LogP contribution in [-0.4, -0.2) is 18.9 Å². The zero-order valence-corrected chi connectivity index (χ0v) is 15.2. The number of carbonyl (C=O) groups is 2. The number of methoxy groups -OCH3 is 1. The van der Waals surface area contributed by atoms with Gasteiger partial charge in [0.25, 0.3) is 11.8 Å². The van der Waals surface area contributed by atoms with E-state index < -0.39 is 0 Å². The van der Waals surface area contributed by atoms with Crippen LogP contribution in [0.4, 0.5) is 10.1 Å². The maximum Gasteiger partial charge on any atom is 0.255 e. The number of nitrogens with one attached hydrogen (secondary N) is 2. The van der Waals surface area contributed by atoms with E-state index in [2.05, 4.69) is 10.6 Å². The first-order valence-electron chi connectivity index (χ1n) is 8.64. The van der Waals surface area contributed by atoms with E-state index in [-0.39, 0.29) is 24.2 Å². The fourth-order valence-electron chi connectivity index (χ4n) is 2.57. The van der Waals surface area contributed by atoms with Crippen molar-refractivity contribution in [3.8, 4) is 5.75 Å². The predicted octanol–water partition coefficient (Wildman–Crippen LogP) is 4.02. The van der Waals surface area contributed by atoms with E-state index in [0.29, 0.717) is 28.1 Å². The Bertz CT molecular complexity index is 970. The van der Waals surface area contributed by atoms with Crippen molar-refractivity contribution in [2.75, 3.05) is 12.4 Å². The fraction of sp³-hybridized carbons (Fsp3) is 0.0909. The summed E-state index contributed by atoms with van der Waals surface area (Å²) in [7, 11) is 1.57. The normalized spacial score (nSPS) is 10.2. The number of benzene rings is 3. The van der Waals surface area contributed by atoms with Crippen molar-refractivity contribution in [3.63, 3.8) is 0 Å². The highest BCUT2D eigenvalue weighted by molar-refractivity contribution is 6.05. The summed E-state index contributed by atoms with van der Waals surface area (Å²) < 4.78 is 18.7. The lowest BCUT2D eigenvalue weighted by molar-refractivity contribution is 0.0948. The van der Waals surface area contributed by atoms with Gasteiger partial charge in [-0.2, -0.15) is 0 Å². The molecular formula is C22H19FN2O3. The van der Waals surface area contributed by atoms with Crippen molar-refractivity contribution in [1.82, 2.24) is 5.32 Å². The Morgan fingerprint density at radius 1 is 0.857 bits per heavy atom. The number of amides is 2. The van der Waals surface area contributed by atoms with Crippen molar-refractivity contribution in [1.29, 1.82) is 0 Å². The summed E-state index contributed by atoms with van der Waals surface area (Å²) in [6.45, 7) is 0.0885. The lowest BCUT2D eigenvalue weighted by atomic mass is 10.1. The van der Waals surface area contributed by atoms with Crippen LogP contribution in [-0.2, 0) is 6.54 Å². The van der Waals surface area contributed by atoms with E-state index in [0.717, 1.165) is 0 Å². The summed E-state index contributed by atoms with van der Waals surface area (Å²) in [5.74, 6) is -0.300. The molecule has 0 aliphatic heterocycles. The second-order valence-electron chi connectivity index (χ2n) is 6.03. The first-order chi connectivity index (χ1) is 13.6. The average molecular weight is 378 g/mol. The summed E-state index contributed by atoms with van der Waals surface area (Å²) in [6, 6.07) is 19.5. The summed E-state index contributed by atoms with van der Waals surface area (Å²) in [5.41, 5.74) is 1.85. The van der Waals surface area contributed by atoms with E-state index in [4.69, 9.17) is 4.74 Å². The van der Waals surface area contributed by atoms with Crippen LogP contribution in [0.3, 0.4) is 0 Å². The molecule has 6 heteroatoms. The molecule has 3 aromatic carbocycles. The first kappa shape index (κ1) is 19.1. The Kier molecular flexibility index (Phi) is 6.01. The van der Waals surface area contributed by atoms with E-state index in [1.54, 1.807) is 73.8 Å². The standard InChI is InChI=1S/C22H19FN2O3/c1-28-19-12-10-18(11-13-19)25-22(27)16-8-6-15(7-9-16)21(26)24-14-17-4-2-3-5-20(17)23/h2-13H,14H2,1H3,(H,24,26)(H,25,27). The van der Waals surface area contributed by atoms with Crippen LogP contribution in [0.15, 0.2) is 72.8 Å². The topological polar surface area (TPSA) is 67.4 Å². The van der Waals surface area contributed by atoms with Crippen LogP contribution in [0.5, 0.6) is 5.75 Å². The molecule has 2 N–H and O–H groups in total. The number of rotatable bonds is 6. The SMILES string of the molecule is COc1ccc(NC(=O)c2ccc(C(=O)NCc3ccccc3F)cc2)cc1. The highest BCUT2D eigenvalue weighted by atomic mass is 19.1. The van der Waals surface area contributed by atoms with Crippen LogP contribution in [0, 0.1) is 5.82 Å². The van der Waals surface area contributed by atoms with Crippen molar-refractivity contribution in [3.05, 3.63) is 95.3 Å². The predicted molar refractivity (Wildman–Crippen MR) is 105 cm³/mol. The van der Waals surface area contributed by atoms with Crippen LogP contribution in [0.1, 0.15) is 26.3 Å². The van der Waals surface area contributed by atoms with Crippen molar-refractivity contribution in [2.45, 2.75) is 6.54 Å². The second-order valence-corrected chi connectivity index (χ2v) is 6.03. The zero-order valence-electron chi connectivity index (χ0n) is 15.2. The third-order valence-corrected chi connectivity index (χ3v) is 4.15. The molecule has 142 valence electrons. The molecule has 28 heavy (non-hydrogen) atoms. The summed E-state index contributed by atoms with van der Waals surface area (Å²) in [5, 5.41) is 5.44. The Morgan fingerprint density at radius 2 is 1.46 bits per heavy atom. The highest BCUT2D eigenvalue weighted by Gasteiger charge is 2.10. The zero-order chi connectivity index (χ0) is 19.9. The molecule has 2 amide bonds. The molecular weight excluding hydrogens is 359 g/mol. The van der Waals surface area contributed by atoms with Gasteiger partial charge < -0.3 is 15.4 Å². The lowest BCUT2D eigenvalue weighted by Gasteiger charge is -2.08. The minimum Gasteiger partial charge on any atom is -0.497 e. The minimum atomic E-state index is -0.367. The van der Waals surface area contributed by atoms with Crippen LogP contribution >= 0.6 is 0 Å². The molecule has 0 aliphatic rings. The first-order valence-corrected chi connectivity index (χ1v) is 8.64. The number of ether oxygens (including phenoxy) is 1. The van der Waals surface area contributed by atoms with Gasteiger partial charge in [0.15, 0.2) is 0 Å². The molecule has 0 saturated heterocycles. The number of hydrogen-bond donors (Lipinski definition) is 2. The molecule has 3 aromatic rings. The molecule has 0 atom stereocenters. The van der Waals surface area contributed by atoms with Crippen LogP contribution < -0.4 is 15.4 Å². The van der Waals surface area contributed by atoms with Crippen LogP contribution in [0.2, 0.25) is 0 Å². The summed E-state index contributed by atoms with van der Waals surface area (Å²) in [4.78, 5) is 24.5. The van der Waals surface area contributed by atoms with Gasteiger partial charge in [0, 0.05) is 28.9 Å². The molecule has 0 bridgehead atoms. The smallest absolute Gasteiger partial charge is 0.255 e. The van der Waals surface area contributed by atoms with Gasteiger partial charge in [-0.1, -0.05) is 18.2 Å². The van der Waals surface area contributed by atoms with Gasteiger partial charge in [0.1, 0.15) is 11.6 Å². The number of carbonyl (C=O) groups excluding carboxylic acids is 2. The maximum atomic E-state index is 13.6. The monoisotopic (exact) mass is 378 g/mol. The maximum absolute atomic E-state index is 13.6. The van der Waals surface area contributed by atoms with Gasteiger partial charge in [-0.25, -0.2) is 4.39 Å². The molecule has 0 heterocycles. The van der Waals surface area contributed by atoms with Gasteiger partial charge >= 0.3 is 0 Å². The van der Waals surface area contributed by atoms with E-state index >= 15 is 0 Å². The van der Waals surface area contributed by atoms with Gasteiger partial charge in [-0.05, 0) is 54.6 Å². The summed E-state index contributed by atoms with van der Waals surface area (Å²) in [6.07, 6.45) is 0. The van der Waals surface area contributed by atoms with Gasteiger partial charge in [-0.3, -0.25) is 9.59 Å². The van der Waals surface area contributed by atoms with Gasteiger partial charge in [0.2, 0.25) is 0 Å². The second kappa shape index (κ2) is 8.81. The van der Waals surface area contributed by atoms with Gasteiger partial charge in [0.05, 0.1) is 7.11 Å². The Labute approximate surface area is 162 Å². The Hall–Kier alpha value is -3.67. The molecule has 0 aliphatic carbocycles. The van der Waals surface area contributed by atoms with Gasteiger partial charge in [-0.15, -0.1) is 0 Å². The van der Waals surface area contributed by atoms with Crippen molar-refractivity contribution in [2.24, 2.45) is 0 Å². The molecule has 0 saturated carbocycles. The van der Waals surface area contributed by atoms with Crippen LogP contribution in [0.25, 0.3) is 0 Å². The third kappa shape index (κ3) is 4.73. The van der Waals surface area contributed by atoms with E-state index in [1.807, 2.05) is 0 Å². The molecule has 5 nitrogen and oxygen atoms in total. The molecule has 3 rings (SSSR count). The Balaban J connectivity index is 1.59. The quantitative estimate of drug-likeness (QED) is 0.681. The largest absolute Gasteiger partial charge is 0.497 e. The van der Waals surface area contributed by atoms with Crippen molar-refractivity contribution < 1.29 is 18.7 Å². The molecule has 0 spiro atoms. The minimum absolute atomic E-state index is 0.0885. The van der Waals surface area contributed by atoms with Crippen molar-refractivity contribution >= 4 is 17.5 Å². The molecule has 0 unspecified atom stereocenters. The average Bonchev–Trinajstić information content (AvgIpc) is 2.73. The fourth-order valence-corrected chi connectivity index (χ4v) is 2.57. The Morgan fingerprint density at radius 3 is 2.07 bits per heavy atom. The van der Waals surface area contributed by atoms with E-state index in [9.17, 15) is 14.0 Å². The molecule has 0 radical (unpaired) electrons.